The maximum Gasteiger partial charge on any atom is 0.194 e. The number of hydrogen-bond donors (Lipinski definition) is 3. The van der Waals surface area contributed by atoms with E-state index < -0.39 is 18.5 Å². The maximum absolute atomic E-state index is 10.8. The van der Waals surface area contributed by atoms with Gasteiger partial charge >= 0.3 is 0 Å². The number of aliphatic hydroxyl groups is 3. The van der Waals surface area contributed by atoms with Crippen molar-refractivity contribution in [2.24, 2.45) is 0 Å². The Morgan fingerprint density at radius 1 is 0.688 bits per heavy atom. The van der Waals surface area contributed by atoms with Crippen LogP contribution < -0.4 is 4.74 Å². The smallest absolute Gasteiger partial charge is 0.194 e. The topological polar surface area (TPSA) is 73.2 Å². The van der Waals surface area contributed by atoms with Crippen molar-refractivity contribution in [1.29, 1.82) is 0 Å². The Labute approximate surface area is 190 Å². The lowest BCUT2D eigenvalue weighted by Gasteiger charge is -2.33. The summed E-state index contributed by atoms with van der Waals surface area (Å²) in [6.07, 6.45) is -1.40. The first kappa shape index (κ1) is 24.0. The highest BCUT2D eigenvalue weighted by Crippen LogP contribution is 2.22. The van der Waals surface area contributed by atoms with Crippen LogP contribution in [-0.2, 0) is 6.42 Å². The maximum atomic E-state index is 10.8. The highest BCUT2D eigenvalue weighted by molar-refractivity contribution is 5.28. The van der Waals surface area contributed by atoms with Crippen LogP contribution in [0, 0.1) is 0 Å². The zero-order chi connectivity index (χ0) is 22.9. The molecule has 5 heteroatoms. The van der Waals surface area contributed by atoms with Gasteiger partial charge in [0.1, 0.15) is 5.75 Å². The van der Waals surface area contributed by atoms with Gasteiger partial charge in [-0.25, -0.2) is 0 Å². The third kappa shape index (κ3) is 7.18. The number of rotatable bonds is 11. The van der Waals surface area contributed by atoms with Crippen LogP contribution in [0.2, 0.25) is 0 Å². The van der Waals surface area contributed by atoms with E-state index in [9.17, 15) is 15.3 Å². The monoisotopic (exact) mass is 435 g/mol. The Kier molecular flexibility index (Phi) is 8.82. The van der Waals surface area contributed by atoms with Crippen LogP contribution in [0.5, 0.6) is 5.75 Å². The summed E-state index contributed by atoms with van der Waals surface area (Å²) in [6.45, 7) is 4.51. The van der Waals surface area contributed by atoms with Gasteiger partial charge in [-0.1, -0.05) is 72.8 Å². The van der Waals surface area contributed by atoms with E-state index in [1.165, 1.54) is 0 Å². The molecule has 3 unspecified atom stereocenters. The predicted octanol–water partition coefficient (Wildman–Crippen LogP) is 4.10. The Bertz CT molecular complexity index is 868. The molecule has 3 aromatic carbocycles. The van der Waals surface area contributed by atoms with Crippen LogP contribution in [-0.4, -0.2) is 45.6 Å². The Morgan fingerprint density at radius 3 is 1.59 bits per heavy atom. The Hall–Kier alpha value is -2.70. The summed E-state index contributed by atoms with van der Waals surface area (Å²) in [5, 5.41) is 31.1. The van der Waals surface area contributed by atoms with E-state index in [1.807, 2.05) is 84.9 Å². The van der Waals surface area contributed by atoms with Crippen molar-refractivity contribution < 1.29 is 20.1 Å². The molecular weight excluding hydrogens is 402 g/mol. The Morgan fingerprint density at radius 2 is 1.16 bits per heavy atom. The quantitative estimate of drug-likeness (QED) is 0.396. The fourth-order valence-electron chi connectivity index (χ4n) is 3.81. The molecule has 3 rings (SSSR count). The molecule has 4 atom stereocenters. The molecule has 0 aliphatic heterocycles. The molecule has 170 valence electrons. The van der Waals surface area contributed by atoms with Gasteiger partial charge in [-0.3, -0.25) is 4.90 Å². The normalized spacial score (nSPS) is 15.2. The zero-order valence-electron chi connectivity index (χ0n) is 18.7. The summed E-state index contributed by atoms with van der Waals surface area (Å²) in [6, 6.07) is 26.9. The highest BCUT2D eigenvalue weighted by Gasteiger charge is 2.22. The van der Waals surface area contributed by atoms with Crippen molar-refractivity contribution in [2.45, 2.75) is 44.8 Å². The predicted molar refractivity (Wildman–Crippen MR) is 126 cm³/mol. The minimum atomic E-state index is -0.853. The van der Waals surface area contributed by atoms with Gasteiger partial charge < -0.3 is 20.1 Å². The lowest BCUT2D eigenvalue weighted by molar-refractivity contribution is -0.000309. The van der Waals surface area contributed by atoms with Crippen molar-refractivity contribution >= 4 is 0 Å². The van der Waals surface area contributed by atoms with Gasteiger partial charge in [-0.2, -0.15) is 0 Å². The van der Waals surface area contributed by atoms with Crippen molar-refractivity contribution in [2.75, 3.05) is 13.1 Å². The van der Waals surface area contributed by atoms with Crippen LogP contribution in [0.3, 0.4) is 0 Å². The van der Waals surface area contributed by atoms with Gasteiger partial charge in [-0.05, 0) is 49.1 Å². The second kappa shape index (κ2) is 11.8. The molecule has 0 heterocycles. The number of nitrogens with zero attached hydrogens (tertiary/aromatic N) is 1. The second-order valence-corrected chi connectivity index (χ2v) is 8.22. The lowest BCUT2D eigenvalue weighted by atomic mass is 10.0. The van der Waals surface area contributed by atoms with Crippen molar-refractivity contribution in [1.82, 2.24) is 4.90 Å². The van der Waals surface area contributed by atoms with Crippen LogP contribution in [0.4, 0.5) is 0 Å². The van der Waals surface area contributed by atoms with Crippen molar-refractivity contribution in [3.63, 3.8) is 0 Å². The summed E-state index contributed by atoms with van der Waals surface area (Å²) in [5.74, 6) is 0.618. The summed E-state index contributed by atoms with van der Waals surface area (Å²) in [7, 11) is 0. The third-order valence-electron chi connectivity index (χ3n) is 5.57. The molecule has 0 aromatic heterocycles. The fourth-order valence-corrected chi connectivity index (χ4v) is 3.81. The van der Waals surface area contributed by atoms with E-state index in [-0.39, 0.29) is 6.04 Å². The SMILES string of the molecule is CC(O)Oc1ccc(C[C@@H](C)N(CC(O)c2ccccc2)CC(O)c2ccccc2)cc1. The van der Waals surface area contributed by atoms with E-state index in [0.717, 1.165) is 23.1 Å². The molecule has 3 N–H and O–H groups in total. The Balaban J connectivity index is 1.72. The van der Waals surface area contributed by atoms with E-state index in [0.29, 0.717) is 18.8 Å². The van der Waals surface area contributed by atoms with Crippen molar-refractivity contribution in [3.05, 3.63) is 102 Å². The first-order valence-corrected chi connectivity index (χ1v) is 11.1. The number of aliphatic hydroxyl groups excluding tert-OH is 3. The van der Waals surface area contributed by atoms with Crippen molar-refractivity contribution in [3.8, 4) is 5.75 Å². The molecule has 0 saturated heterocycles. The van der Waals surface area contributed by atoms with Crippen LogP contribution >= 0.6 is 0 Å². The molecule has 0 spiro atoms. The van der Waals surface area contributed by atoms with E-state index >= 15 is 0 Å². The molecule has 0 aliphatic rings. The van der Waals surface area contributed by atoms with E-state index in [4.69, 9.17) is 4.74 Å². The molecule has 0 aliphatic carbocycles. The molecule has 0 saturated carbocycles. The van der Waals surface area contributed by atoms with E-state index in [2.05, 4.69) is 11.8 Å². The van der Waals surface area contributed by atoms with Gasteiger partial charge in [0.2, 0.25) is 0 Å². The van der Waals surface area contributed by atoms with Gasteiger partial charge in [-0.15, -0.1) is 0 Å². The molecule has 32 heavy (non-hydrogen) atoms. The first-order chi connectivity index (χ1) is 15.4. The molecular formula is C27H33NO4. The zero-order valence-corrected chi connectivity index (χ0v) is 18.7. The van der Waals surface area contributed by atoms with Gasteiger partial charge in [0.15, 0.2) is 6.29 Å². The average molecular weight is 436 g/mol. The lowest BCUT2D eigenvalue weighted by Crippen LogP contribution is -2.40. The van der Waals surface area contributed by atoms with Gasteiger partial charge in [0.05, 0.1) is 12.2 Å². The minimum Gasteiger partial charge on any atom is -0.465 e. The van der Waals surface area contributed by atoms with Crippen LogP contribution in [0.1, 0.15) is 42.7 Å². The largest absolute Gasteiger partial charge is 0.465 e. The molecule has 0 amide bonds. The molecule has 0 radical (unpaired) electrons. The van der Waals surface area contributed by atoms with Crippen LogP contribution in [0.15, 0.2) is 84.9 Å². The summed E-state index contributed by atoms with van der Waals surface area (Å²) < 4.78 is 5.30. The summed E-state index contributed by atoms with van der Waals surface area (Å²) >= 11 is 0. The minimum absolute atomic E-state index is 0.0789. The van der Waals surface area contributed by atoms with E-state index in [1.54, 1.807) is 6.92 Å². The third-order valence-corrected chi connectivity index (χ3v) is 5.57. The molecule has 0 bridgehead atoms. The number of ether oxygens (including phenoxy) is 1. The number of benzene rings is 3. The molecule has 0 fully saturated rings. The van der Waals surface area contributed by atoms with Gasteiger partial charge in [0.25, 0.3) is 0 Å². The summed E-state index contributed by atoms with van der Waals surface area (Å²) in [5.41, 5.74) is 2.83. The number of hydrogen-bond acceptors (Lipinski definition) is 5. The first-order valence-electron chi connectivity index (χ1n) is 11.1. The summed E-state index contributed by atoms with van der Waals surface area (Å²) in [4.78, 5) is 2.13. The molecule has 3 aromatic rings. The fraction of sp³-hybridized carbons (Fsp3) is 0.333. The van der Waals surface area contributed by atoms with Crippen LogP contribution in [0.25, 0.3) is 0 Å². The second-order valence-electron chi connectivity index (χ2n) is 8.22. The standard InChI is InChI=1S/C27H33NO4/c1-20(17-22-13-15-25(16-14-22)32-21(2)29)28(18-26(30)23-9-5-3-6-10-23)19-27(31)24-11-7-4-8-12-24/h3-16,20-21,26-27,29-31H,17-19H2,1-2H3/t20-,21?,26?,27?/m1/s1. The average Bonchev–Trinajstić information content (AvgIpc) is 2.80. The van der Waals surface area contributed by atoms with Gasteiger partial charge in [0, 0.05) is 19.1 Å². The highest BCUT2D eigenvalue weighted by atomic mass is 16.6. The molecule has 5 nitrogen and oxygen atoms in total.